The van der Waals surface area contributed by atoms with Crippen LogP contribution in [-0.4, -0.2) is 102 Å². The fourth-order valence-electron chi connectivity index (χ4n) is 6.67. The monoisotopic (exact) mass is 562 g/mol. The largest absolute Gasteiger partial charge is 0.353 e. The van der Waals surface area contributed by atoms with Gasteiger partial charge in [-0.2, -0.15) is 0 Å². The zero-order valence-corrected chi connectivity index (χ0v) is 24.9. The molecule has 0 spiro atoms. The predicted octanol–water partition coefficient (Wildman–Crippen LogP) is 4.80. The molecule has 2 saturated heterocycles. The van der Waals surface area contributed by atoms with Crippen molar-refractivity contribution in [2.24, 2.45) is 0 Å². The molecule has 2 aliphatic heterocycles. The Morgan fingerprint density at radius 2 is 1.68 bits per heavy atom. The van der Waals surface area contributed by atoms with Crippen molar-refractivity contribution in [3.8, 4) is 0 Å². The standard InChI is InChI=1S/C30H42N8OS/c1-4-36-11-9-22(10-12-36)37-13-15-38(16-14-37)27-20-32-26(19-33-27)34-25-17-23-24(18-31-25)40-29(30(39)35(2)3)28(23)21-7-5-6-8-21/h17-22H,4-16H2,1-3H3,(H,31,32,34). The van der Waals surface area contributed by atoms with E-state index in [1.54, 1.807) is 22.4 Å². The lowest BCUT2D eigenvalue weighted by atomic mass is 9.94. The van der Waals surface area contributed by atoms with E-state index in [2.05, 4.69) is 43.0 Å². The van der Waals surface area contributed by atoms with Crippen LogP contribution in [0.1, 0.15) is 66.6 Å². The fraction of sp³-hybridized carbons (Fsp3) is 0.600. The molecule has 1 saturated carbocycles. The van der Waals surface area contributed by atoms with Crippen molar-refractivity contribution in [3.63, 3.8) is 0 Å². The first kappa shape index (κ1) is 27.4. The highest BCUT2D eigenvalue weighted by Gasteiger charge is 2.29. The van der Waals surface area contributed by atoms with E-state index in [0.29, 0.717) is 11.7 Å². The first-order valence-corrected chi connectivity index (χ1v) is 15.8. The maximum Gasteiger partial charge on any atom is 0.263 e. The number of thiophene rings is 1. The molecule has 10 heteroatoms. The van der Waals surface area contributed by atoms with E-state index >= 15 is 0 Å². The van der Waals surface area contributed by atoms with E-state index in [0.717, 1.165) is 71.7 Å². The molecule has 1 aliphatic carbocycles. The molecule has 0 atom stereocenters. The van der Waals surface area contributed by atoms with Crippen LogP contribution in [0, 0.1) is 0 Å². The number of amides is 1. The van der Waals surface area contributed by atoms with Crippen LogP contribution in [0.25, 0.3) is 10.1 Å². The summed E-state index contributed by atoms with van der Waals surface area (Å²) in [6, 6.07) is 2.81. The Labute approximate surface area is 241 Å². The van der Waals surface area contributed by atoms with Crippen LogP contribution in [0.5, 0.6) is 0 Å². The highest BCUT2D eigenvalue weighted by atomic mass is 32.1. The number of likely N-dealkylation sites (tertiary alicyclic amines) is 1. The second kappa shape index (κ2) is 12.0. The highest BCUT2D eigenvalue weighted by Crippen LogP contribution is 2.44. The number of piperazine rings is 1. The number of rotatable bonds is 7. The van der Waals surface area contributed by atoms with Crippen molar-refractivity contribution < 1.29 is 4.79 Å². The van der Waals surface area contributed by atoms with E-state index < -0.39 is 0 Å². The summed E-state index contributed by atoms with van der Waals surface area (Å²) in [6.07, 6.45) is 12.9. The number of fused-ring (bicyclic) bond motifs is 1. The summed E-state index contributed by atoms with van der Waals surface area (Å²) < 4.78 is 1.06. The number of nitrogens with one attached hydrogen (secondary N) is 1. The second-order valence-electron chi connectivity index (χ2n) is 11.7. The molecule has 3 aromatic heterocycles. The molecule has 214 valence electrons. The Morgan fingerprint density at radius 3 is 2.33 bits per heavy atom. The highest BCUT2D eigenvalue weighted by molar-refractivity contribution is 7.21. The first-order valence-electron chi connectivity index (χ1n) is 14.9. The van der Waals surface area contributed by atoms with E-state index in [9.17, 15) is 4.79 Å². The maximum absolute atomic E-state index is 13.0. The summed E-state index contributed by atoms with van der Waals surface area (Å²) in [6.45, 7) is 10.0. The van der Waals surface area contributed by atoms with Gasteiger partial charge < -0.3 is 20.0 Å². The average molecular weight is 563 g/mol. The van der Waals surface area contributed by atoms with Gasteiger partial charge in [-0.05, 0) is 62.9 Å². The van der Waals surface area contributed by atoms with Crippen LogP contribution in [0.4, 0.5) is 17.5 Å². The van der Waals surface area contributed by atoms with Crippen molar-refractivity contribution in [3.05, 3.63) is 35.1 Å². The summed E-state index contributed by atoms with van der Waals surface area (Å²) in [7, 11) is 3.66. The number of pyridine rings is 1. The van der Waals surface area contributed by atoms with Crippen molar-refractivity contribution in [1.82, 2.24) is 29.7 Å². The van der Waals surface area contributed by atoms with Gasteiger partial charge in [0.2, 0.25) is 0 Å². The van der Waals surface area contributed by atoms with E-state index in [4.69, 9.17) is 4.98 Å². The molecule has 3 fully saturated rings. The summed E-state index contributed by atoms with van der Waals surface area (Å²) in [5.74, 6) is 2.87. The number of anilines is 3. The molecule has 0 bridgehead atoms. The van der Waals surface area contributed by atoms with Crippen molar-refractivity contribution in [1.29, 1.82) is 0 Å². The van der Waals surface area contributed by atoms with Crippen LogP contribution < -0.4 is 10.2 Å². The third-order valence-corrected chi connectivity index (χ3v) is 10.2. The molecule has 1 N–H and O–H groups in total. The van der Waals surface area contributed by atoms with Gasteiger partial charge in [0.1, 0.15) is 17.5 Å². The minimum Gasteiger partial charge on any atom is -0.353 e. The number of hydrogen-bond acceptors (Lipinski definition) is 9. The molecular weight excluding hydrogens is 520 g/mol. The number of carbonyl (C=O) groups is 1. The number of carbonyl (C=O) groups excluding carboxylic acids is 1. The molecule has 0 unspecified atom stereocenters. The molecule has 9 nitrogen and oxygen atoms in total. The van der Waals surface area contributed by atoms with Gasteiger partial charge in [-0.3, -0.25) is 9.69 Å². The average Bonchev–Trinajstić information content (AvgIpc) is 3.65. The molecule has 1 amide bonds. The van der Waals surface area contributed by atoms with Gasteiger partial charge in [-0.1, -0.05) is 19.8 Å². The van der Waals surface area contributed by atoms with Gasteiger partial charge in [0.05, 0.1) is 22.0 Å². The Kier molecular flexibility index (Phi) is 8.18. The van der Waals surface area contributed by atoms with E-state index in [1.165, 1.54) is 50.9 Å². The lowest BCUT2D eigenvalue weighted by Crippen LogP contribution is -2.53. The number of nitrogens with zero attached hydrogens (tertiary/aromatic N) is 7. The van der Waals surface area contributed by atoms with Gasteiger partial charge in [0.25, 0.3) is 5.91 Å². The summed E-state index contributed by atoms with van der Waals surface area (Å²) in [5.41, 5.74) is 1.21. The first-order chi connectivity index (χ1) is 19.5. The van der Waals surface area contributed by atoms with Gasteiger partial charge in [-0.25, -0.2) is 15.0 Å². The fourth-order valence-corrected chi connectivity index (χ4v) is 7.93. The third-order valence-electron chi connectivity index (χ3n) is 9.03. The smallest absolute Gasteiger partial charge is 0.263 e. The van der Waals surface area contributed by atoms with E-state index in [-0.39, 0.29) is 5.91 Å². The maximum atomic E-state index is 13.0. The second-order valence-corrected chi connectivity index (χ2v) is 12.7. The van der Waals surface area contributed by atoms with Crippen LogP contribution in [-0.2, 0) is 0 Å². The normalized spacial score (nSPS) is 19.9. The quantitative estimate of drug-likeness (QED) is 0.440. The van der Waals surface area contributed by atoms with E-state index in [1.807, 2.05) is 26.5 Å². The lowest BCUT2D eigenvalue weighted by molar-refractivity contribution is 0.0831. The Balaban J connectivity index is 1.12. The van der Waals surface area contributed by atoms with Gasteiger partial charge in [-0.15, -0.1) is 11.3 Å². The Morgan fingerprint density at radius 1 is 0.950 bits per heavy atom. The minimum atomic E-state index is 0.0850. The molecule has 0 aromatic carbocycles. The zero-order chi connectivity index (χ0) is 27.6. The molecule has 5 heterocycles. The van der Waals surface area contributed by atoms with Gasteiger partial charge >= 0.3 is 0 Å². The number of aromatic nitrogens is 3. The van der Waals surface area contributed by atoms with Crippen LogP contribution in [0.3, 0.4) is 0 Å². The minimum absolute atomic E-state index is 0.0850. The molecular formula is C30H42N8OS. The third kappa shape index (κ3) is 5.66. The number of piperidine rings is 1. The predicted molar refractivity (Wildman–Crippen MR) is 163 cm³/mol. The van der Waals surface area contributed by atoms with Crippen molar-refractivity contribution in [2.75, 3.05) is 70.1 Å². The number of hydrogen-bond donors (Lipinski definition) is 1. The van der Waals surface area contributed by atoms with Crippen LogP contribution in [0.2, 0.25) is 0 Å². The topological polar surface area (TPSA) is 80.7 Å². The Bertz CT molecular complexity index is 1300. The van der Waals surface area contributed by atoms with Crippen LogP contribution >= 0.6 is 11.3 Å². The lowest BCUT2D eigenvalue weighted by Gasteiger charge is -2.42. The van der Waals surface area contributed by atoms with Crippen molar-refractivity contribution in [2.45, 2.75) is 57.4 Å². The molecule has 40 heavy (non-hydrogen) atoms. The summed E-state index contributed by atoms with van der Waals surface area (Å²) in [4.78, 5) is 37.2. The van der Waals surface area contributed by atoms with Gasteiger partial charge in [0.15, 0.2) is 0 Å². The zero-order valence-electron chi connectivity index (χ0n) is 24.1. The summed E-state index contributed by atoms with van der Waals surface area (Å²) >= 11 is 1.57. The van der Waals surface area contributed by atoms with Crippen molar-refractivity contribution >= 4 is 44.8 Å². The molecule has 6 rings (SSSR count). The summed E-state index contributed by atoms with van der Waals surface area (Å²) in [5, 5.41) is 4.50. The molecule has 3 aromatic rings. The van der Waals surface area contributed by atoms with Crippen LogP contribution in [0.15, 0.2) is 24.7 Å². The molecule has 0 radical (unpaired) electrons. The van der Waals surface area contributed by atoms with Gasteiger partial charge in [0, 0.05) is 57.9 Å². The SMILES string of the molecule is CCN1CCC(N2CCN(c3cnc(Nc4cc5c(C6CCCC6)c(C(=O)N(C)C)sc5cn4)cn3)CC2)CC1. The Hall–Kier alpha value is -2.82. The molecule has 3 aliphatic rings.